The number of halogens is 2. The fourth-order valence-electron chi connectivity index (χ4n) is 5.23. The number of nitriles is 1. The summed E-state index contributed by atoms with van der Waals surface area (Å²) in [6, 6.07) is 8.99. The second kappa shape index (κ2) is 12.0. The maximum Gasteiger partial charge on any atom is 0.387 e. The lowest BCUT2D eigenvalue weighted by Gasteiger charge is -2.32. The van der Waals surface area contributed by atoms with Crippen molar-refractivity contribution in [2.75, 3.05) is 33.4 Å². The van der Waals surface area contributed by atoms with Gasteiger partial charge in [-0.1, -0.05) is 0 Å². The van der Waals surface area contributed by atoms with E-state index in [0.717, 1.165) is 45.3 Å². The molecule has 2 fully saturated rings. The van der Waals surface area contributed by atoms with Crippen molar-refractivity contribution in [3.63, 3.8) is 0 Å². The summed E-state index contributed by atoms with van der Waals surface area (Å²) >= 11 is 0. The van der Waals surface area contributed by atoms with Gasteiger partial charge in [0, 0.05) is 49.7 Å². The first kappa shape index (κ1) is 26.9. The van der Waals surface area contributed by atoms with E-state index in [0.29, 0.717) is 41.6 Å². The van der Waals surface area contributed by atoms with E-state index in [2.05, 4.69) is 16.0 Å². The monoisotopic (exact) mass is 538 g/mol. The normalized spacial score (nSPS) is 17.8. The number of ether oxygens (including phenoxy) is 3. The minimum Gasteiger partial charge on any atom is -0.496 e. The minimum absolute atomic E-state index is 0.0480. The molecule has 8 nitrogen and oxygen atoms in total. The molecule has 1 aliphatic heterocycles. The third kappa shape index (κ3) is 6.48. The molecule has 1 aromatic carbocycles. The van der Waals surface area contributed by atoms with Crippen molar-refractivity contribution in [1.29, 1.82) is 5.26 Å². The van der Waals surface area contributed by atoms with E-state index in [4.69, 9.17) is 19.5 Å². The summed E-state index contributed by atoms with van der Waals surface area (Å²) in [5, 5.41) is 8.85. The highest BCUT2D eigenvalue weighted by atomic mass is 19.3. The Hall–Kier alpha value is -3.71. The van der Waals surface area contributed by atoms with Crippen LogP contribution in [0.1, 0.15) is 48.9 Å². The molecular formula is C29H32F2N4O4. The molecule has 0 unspecified atom stereocenters. The maximum atomic E-state index is 13.3. The van der Waals surface area contributed by atoms with Gasteiger partial charge in [0.1, 0.15) is 28.5 Å². The number of Topliss-reactive ketones (excluding diaryl/α,β-unsaturated/α-hetero) is 1. The zero-order valence-electron chi connectivity index (χ0n) is 21.9. The number of alkyl halides is 2. The van der Waals surface area contributed by atoms with Crippen molar-refractivity contribution in [3.05, 3.63) is 42.2 Å². The van der Waals surface area contributed by atoms with Crippen molar-refractivity contribution in [2.45, 2.75) is 45.1 Å². The Labute approximate surface area is 226 Å². The number of methoxy groups -OCH3 is 1. The van der Waals surface area contributed by atoms with Crippen molar-refractivity contribution >= 4 is 11.4 Å². The Morgan fingerprint density at radius 2 is 2.03 bits per heavy atom. The van der Waals surface area contributed by atoms with E-state index >= 15 is 0 Å². The van der Waals surface area contributed by atoms with Crippen LogP contribution in [0.3, 0.4) is 0 Å². The predicted molar refractivity (Wildman–Crippen MR) is 140 cm³/mol. The van der Waals surface area contributed by atoms with Gasteiger partial charge in [-0.2, -0.15) is 14.0 Å². The summed E-state index contributed by atoms with van der Waals surface area (Å²) in [6.45, 7) is 0.226. The summed E-state index contributed by atoms with van der Waals surface area (Å²) in [5.74, 6) is 1.11. The van der Waals surface area contributed by atoms with E-state index in [1.807, 2.05) is 22.7 Å². The zero-order valence-corrected chi connectivity index (χ0v) is 21.9. The summed E-state index contributed by atoms with van der Waals surface area (Å²) in [5.41, 5.74) is 1.85. The van der Waals surface area contributed by atoms with Crippen LogP contribution in [0, 0.1) is 23.2 Å². The van der Waals surface area contributed by atoms with Crippen LogP contribution in [0.25, 0.3) is 16.9 Å². The fourth-order valence-corrected chi connectivity index (χ4v) is 5.23. The molecule has 3 aromatic rings. The van der Waals surface area contributed by atoms with Crippen LogP contribution in [-0.2, 0) is 0 Å². The number of nitrogens with zero attached hydrogens (tertiary/aromatic N) is 4. The molecule has 5 rings (SSSR count). The molecule has 206 valence electrons. The van der Waals surface area contributed by atoms with Gasteiger partial charge in [0.15, 0.2) is 5.78 Å². The molecule has 2 aliphatic rings. The Morgan fingerprint density at radius 3 is 2.77 bits per heavy atom. The SMILES string of the molecule is COc1cc(-c2cnc3cc(OC[C@H]4CCCN(CCC#N)C4)ccn23)cc(OC(F)F)c1C(=O)CC1CC1. The van der Waals surface area contributed by atoms with Crippen molar-refractivity contribution in [1.82, 2.24) is 14.3 Å². The molecule has 0 radical (unpaired) electrons. The third-order valence-electron chi connectivity index (χ3n) is 7.36. The van der Waals surface area contributed by atoms with Crippen molar-refractivity contribution in [3.8, 4) is 34.6 Å². The average molecular weight is 539 g/mol. The number of benzene rings is 1. The van der Waals surface area contributed by atoms with Gasteiger partial charge in [-0.25, -0.2) is 4.98 Å². The molecule has 3 heterocycles. The largest absolute Gasteiger partial charge is 0.496 e. The Balaban J connectivity index is 1.36. The number of carbonyl (C=O) groups excluding carboxylic acids is 1. The molecule has 0 N–H and O–H groups in total. The maximum absolute atomic E-state index is 13.3. The van der Waals surface area contributed by atoms with E-state index < -0.39 is 6.61 Å². The lowest BCUT2D eigenvalue weighted by atomic mass is 9.99. The number of ketones is 1. The van der Waals surface area contributed by atoms with Crippen LogP contribution < -0.4 is 14.2 Å². The van der Waals surface area contributed by atoms with Crippen LogP contribution in [0.5, 0.6) is 17.2 Å². The van der Waals surface area contributed by atoms with Gasteiger partial charge in [0.05, 0.1) is 31.7 Å². The Morgan fingerprint density at radius 1 is 1.21 bits per heavy atom. The molecule has 1 saturated heterocycles. The first-order valence-corrected chi connectivity index (χ1v) is 13.3. The standard InChI is InChI=1S/C29H32F2N4O4/c1-37-25-13-21(14-26(39-29(30)31)28(25)24(36)12-19-5-6-19)23-16-33-27-15-22(7-11-35(23)27)38-18-20-4-2-9-34(17-20)10-3-8-32/h7,11,13-16,19-20,29H,2-6,9-10,12,17-18H2,1H3/t20-/m0/s1. The molecule has 1 aliphatic carbocycles. The molecule has 1 atom stereocenters. The highest BCUT2D eigenvalue weighted by Gasteiger charge is 2.30. The van der Waals surface area contributed by atoms with Crippen LogP contribution in [-0.4, -0.2) is 60.0 Å². The smallest absolute Gasteiger partial charge is 0.387 e. The molecular weight excluding hydrogens is 506 g/mol. The summed E-state index contributed by atoms with van der Waals surface area (Å²) < 4.78 is 44.8. The summed E-state index contributed by atoms with van der Waals surface area (Å²) in [7, 11) is 1.41. The van der Waals surface area contributed by atoms with Crippen molar-refractivity contribution < 1.29 is 27.8 Å². The number of aromatic nitrogens is 2. The zero-order chi connectivity index (χ0) is 27.4. The average Bonchev–Trinajstić information content (AvgIpc) is 3.64. The first-order chi connectivity index (χ1) is 18.9. The summed E-state index contributed by atoms with van der Waals surface area (Å²) in [4.78, 5) is 19.7. The van der Waals surface area contributed by atoms with Gasteiger partial charge >= 0.3 is 6.61 Å². The molecule has 0 bridgehead atoms. The van der Waals surface area contributed by atoms with Crippen LogP contribution >= 0.6 is 0 Å². The van der Waals surface area contributed by atoms with Gasteiger partial charge in [0.2, 0.25) is 0 Å². The quantitative estimate of drug-likeness (QED) is 0.277. The number of imidazole rings is 1. The van der Waals surface area contributed by atoms with E-state index in [1.165, 1.54) is 13.2 Å². The van der Waals surface area contributed by atoms with Gasteiger partial charge in [0.25, 0.3) is 0 Å². The van der Waals surface area contributed by atoms with E-state index in [-0.39, 0.29) is 35.2 Å². The molecule has 10 heteroatoms. The lowest BCUT2D eigenvalue weighted by molar-refractivity contribution is -0.0502. The third-order valence-corrected chi connectivity index (χ3v) is 7.36. The number of fused-ring (bicyclic) bond motifs is 1. The van der Waals surface area contributed by atoms with Crippen LogP contribution in [0.2, 0.25) is 0 Å². The molecule has 2 aromatic heterocycles. The second-order valence-corrected chi connectivity index (χ2v) is 10.3. The molecule has 1 saturated carbocycles. The molecule has 39 heavy (non-hydrogen) atoms. The Bertz CT molecular complexity index is 1370. The fraction of sp³-hybridized carbons (Fsp3) is 0.483. The molecule has 0 spiro atoms. The molecule has 0 amide bonds. The van der Waals surface area contributed by atoms with Gasteiger partial charge < -0.3 is 19.1 Å². The van der Waals surface area contributed by atoms with E-state index in [9.17, 15) is 13.6 Å². The number of likely N-dealkylation sites (tertiary alicyclic amines) is 1. The number of hydrogen-bond donors (Lipinski definition) is 0. The van der Waals surface area contributed by atoms with Gasteiger partial charge in [-0.3, -0.25) is 9.20 Å². The van der Waals surface area contributed by atoms with Gasteiger partial charge in [-0.15, -0.1) is 0 Å². The van der Waals surface area contributed by atoms with Crippen LogP contribution in [0.15, 0.2) is 36.7 Å². The first-order valence-electron chi connectivity index (χ1n) is 13.3. The van der Waals surface area contributed by atoms with Crippen molar-refractivity contribution in [2.24, 2.45) is 11.8 Å². The van der Waals surface area contributed by atoms with Gasteiger partial charge in [-0.05, 0) is 56.3 Å². The second-order valence-electron chi connectivity index (χ2n) is 10.3. The Kier molecular flexibility index (Phi) is 8.27. The predicted octanol–water partition coefficient (Wildman–Crippen LogP) is 5.60. The number of hydrogen-bond acceptors (Lipinski definition) is 7. The van der Waals surface area contributed by atoms with Crippen LogP contribution in [0.4, 0.5) is 8.78 Å². The lowest BCUT2D eigenvalue weighted by Crippen LogP contribution is -2.38. The number of rotatable bonds is 12. The topological polar surface area (TPSA) is 89.1 Å². The highest BCUT2D eigenvalue weighted by Crippen LogP contribution is 2.40. The highest BCUT2D eigenvalue weighted by molar-refractivity contribution is 6.02. The summed E-state index contributed by atoms with van der Waals surface area (Å²) in [6.07, 6.45) is 8.38. The minimum atomic E-state index is -3.08. The number of carbonyl (C=O) groups is 1. The number of pyridine rings is 1. The number of piperidine rings is 1. The van der Waals surface area contributed by atoms with E-state index in [1.54, 1.807) is 12.3 Å².